The van der Waals surface area contributed by atoms with E-state index in [0.717, 1.165) is 30.2 Å². The molecule has 0 aliphatic heterocycles. The maximum atomic E-state index is 12.3. The summed E-state index contributed by atoms with van der Waals surface area (Å²) in [5, 5.41) is 2.92. The molecule has 0 aromatic heterocycles. The summed E-state index contributed by atoms with van der Waals surface area (Å²) in [7, 11) is 0. The van der Waals surface area contributed by atoms with Crippen molar-refractivity contribution < 1.29 is 4.79 Å². The Hall–Kier alpha value is -0.650. The minimum absolute atomic E-state index is 0.139. The van der Waals surface area contributed by atoms with Crippen LogP contribution in [0.15, 0.2) is 43.7 Å². The Morgan fingerprint density at radius 2 is 1.45 bits per heavy atom. The van der Waals surface area contributed by atoms with Crippen LogP contribution in [-0.2, 0) is 0 Å². The van der Waals surface area contributed by atoms with Crippen LogP contribution in [0.3, 0.4) is 0 Å². The van der Waals surface area contributed by atoms with Crippen molar-refractivity contribution in [3.63, 3.8) is 0 Å². The highest BCUT2D eigenvalue weighted by molar-refractivity contribution is 9.11. The van der Waals surface area contributed by atoms with Crippen molar-refractivity contribution in [3.05, 3.63) is 60.4 Å². The number of halogens is 3. The van der Waals surface area contributed by atoms with Crippen LogP contribution in [0.1, 0.15) is 21.5 Å². The van der Waals surface area contributed by atoms with Crippen LogP contribution in [0.2, 0.25) is 0 Å². The summed E-state index contributed by atoms with van der Waals surface area (Å²) in [6.07, 6.45) is 0. The molecule has 1 N–H and O–H groups in total. The van der Waals surface area contributed by atoms with Gasteiger partial charge in [0.15, 0.2) is 0 Å². The molecular formula is C15H12Br3NO. The summed E-state index contributed by atoms with van der Waals surface area (Å²) in [5.74, 6) is -0.139. The minimum Gasteiger partial charge on any atom is -0.320 e. The van der Waals surface area contributed by atoms with Gasteiger partial charge in [0.1, 0.15) is 0 Å². The molecule has 0 spiro atoms. The Balaban J connectivity index is 2.32. The summed E-state index contributed by atoms with van der Waals surface area (Å²) >= 11 is 10.4. The summed E-state index contributed by atoms with van der Waals surface area (Å²) in [5.41, 5.74) is 3.50. The molecule has 0 fully saturated rings. The van der Waals surface area contributed by atoms with Crippen LogP contribution in [0.25, 0.3) is 0 Å². The van der Waals surface area contributed by atoms with Crippen LogP contribution < -0.4 is 5.32 Å². The van der Waals surface area contributed by atoms with Gasteiger partial charge in [-0.2, -0.15) is 0 Å². The van der Waals surface area contributed by atoms with Crippen LogP contribution in [0.5, 0.6) is 0 Å². The molecule has 0 saturated carbocycles. The highest BCUT2D eigenvalue weighted by atomic mass is 79.9. The highest BCUT2D eigenvalue weighted by Crippen LogP contribution is 2.32. The number of aryl methyl sites for hydroxylation is 2. The van der Waals surface area contributed by atoms with Crippen molar-refractivity contribution in [2.75, 3.05) is 5.32 Å². The van der Waals surface area contributed by atoms with E-state index in [2.05, 4.69) is 53.1 Å². The highest BCUT2D eigenvalue weighted by Gasteiger charge is 2.12. The molecule has 1 amide bonds. The normalized spacial score (nSPS) is 10.4. The fraction of sp³-hybridized carbons (Fsp3) is 0.133. The number of anilines is 1. The predicted octanol–water partition coefficient (Wildman–Crippen LogP) is 5.84. The lowest BCUT2D eigenvalue weighted by Gasteiger charge is -2.11. The zero-order chi connectivity index (χ0) is 14.9. The number of hydrogen-bond donors (Lipinski definition) is 1. The zero-order valence-electron chi connectivity index (χ0n) is 10.9. The minimum atomic E-state index is -0.139. The molecule has 0 saturated heterocycles. The first-order valence-corrected chi connectivity index (χ1v) is 8.29. The van der Waals surface area contributed by atoms with Crippen LogP contribution in [0.4, 0.5) is 5.69 Å². The first-order chi connectivity index (χ1) is 9.36. The summed E-state index contributed by atoms with van der Waals surface area (Å²) < 4.78 is 2.60. The average molecular weight is 462 g/mol. The molecule has 2 nitrogen and oxygen atoms in total. The second kappa shape index (κ2) is 6.41. The fourth-order valence-electron chi connectivity index (χ4n) is 1.87. The van der Waals surface area contributed by atoms with Crippen molar-refractivity contribution in [2.24, 2.45) is 0 Å². The Labute approximate surface area is 143 Å². The SMILES string of the molecule is Cc1cc(Br)cc(C(=O)Nc2c(Br)cc(C)cc2Br)c1. The maximum Gasteiger partial charge on any atom is 0.255 e. The van der Waals surface area contributed by atoms with Crippen LogP contribution in [-0.4, -0.2) is 5.91 Å². The first kappa shape index (κ1) is 15.7. The van der Waals surface area contributed by atoms with Gasteiger partial charge in [0.25, 0.3) is 5.91 Å². The molecule has 2 aromatic rings. The van der Waals surface area contributed by atoms with E-state index in [0.29, 0.717) is 5.56 Å². The third-order valence-corrected chi connectivity index (χ3v) is 4.44. The van der Waals surface area contributed by atoms with Gasteiger partial charge in [0, 0.05) is 19.0 Å². The van der Waals surface area contributed by atoms with Crippen LogP contribution >= 0.6 is 47.8 Å². The summed E-state index contributed by atoms with van der Waals surface area (Å²) in [6.45, 7) is 3.96. The largest absolute Gasteiger partial charge is 0.320 e. The van der Waals surface area contributed by atoms with Crippen molar-refractivity contribution in [1.29, 1.82) is 0 Å². The molecule has 20 heavy (non-hydrogen) atoms. The molecule has 0 atom stereocenters. The molecule has 5 heteroatoms. The van der Waals surface area contributed by atoms with Gasteiger partial charge in [-0.05, 0) is 87.2 Å². The second-order valence-corrected chi connectivity index (χ2v) is 7.20. The Morgan fingerprint density at radius 1 is 0.900 bits per heavy atom. The van der Waals surface area contributed by atoms with E-state index < -0.39 is 0 Å². The van der Waals surface area contributed by atoms with Gasteiger partial charge in [-0.3, -0.25) is 4.79 Å². The molecule has 0 heterocycles. The van der Waals surface area contributed by atoms with Gasteiger partial charge >= 0.3 is 0 Å². The van der Waals surface area contributed by atoms with Gasteiger partial charge in [-0.25, -0.2) is 0 Å². The zero-order valence-corrected chi connectivity index (χ0v) is 15.7. The van der Waals surface area contributed by atoms with Gasteiger partial charge < -0.3 is 5.32 Å². The van der Waals surface area contributed by atoms with Crippen molar-refractivity contribution in [3.8, 4) is 0 Å². The molecule has 0 aliphatic carbocycles. The fourth-order valence-corrected chi connectivity index (χ4v) is 4.09. The number of benzene rings is 2. The Bertz CT molecular complexity index is 640. The van der Waals surface area contributed by atoms with E-state index in [9.17, 15) is 4.79 Å². The van der Waals surface area contributed by atoms with Gasteiger partial charge in [-0.15, -0.1) is 0 Å². The molecule has 2 rings (SSSR count). The average Bonchev–Trinajstić information content (AvgIpc) is 2.32. The van der Waals surface area contributed by atoms with Crippen molar-refractivity contribution in [1.82, 2.24) is 0 Å². The number of rotatable bonds is 2. The lowest BCUT2D eigenvalue weighted by molar-refractivity contribution is 0.102. The van der Waals surface area contributed by atoms with Gasteiger partial charge in [-0.1, -0.05) is 15.9 Å². The third kappa shape index (κ3) is 3.71. The monoisotopic (exact) mass is 459 g/mol. The van der Waals surface area contributed by atoms with Gasteiger partial charge in [0.2, 0.25) is 0 Å². The number of amides is 1. The number of nitrogens with one attached hydrogen (secondary N) is 1. The molecular weight excluding hydrogens is 450 g/mol. The summed E-state index contributed by atoms with van der Waals surface area (Å²) in [6, 6.07) is 9.56. The van der Waals surface area contributed by atoms with Crippen LogP contribution in [0, 0.1) is 13.8 Å². The van der Waals surface area contributed by atoms with E-state index in [1.165, 1.54) is 0 Å². The standard InChI is InChI=1S/C15H12Br3NO/c1-8-3-10(7-11(16)4-8)15(20)19-14-12(17)5-9(2)6-13(14)18/h3-7H,1-2H3,(H,19,20). The number of hydrogen-bond acceptors (Lipinski definition) is 1. The topological polar surface area (TPSA) is 29.1 Å². The molecule has 0 bridgehead atoms. The van der Waals surface area contributed by atoms with E-state index in [1.807, 2.05) is 38.1 Å². The molecule has 0 aliphatic rings. The van der Waals surface area contributed by atoms with E-state index >= 15 is 0 Å². The molecule has 2 aromatic carbocycles. The number of carbonyl (C=O) groups is 1. The maximum absolute atomic E-state index is 12.3. The quantitative estimate of drug-likeness (QED) is 0.597. The summed E-state index contributed by atoms with van der Waals surface area (Å²) in [4.78, 5) is 12.3. The molecule has 0 unspecified atom stereocenters. The second-order valence-electron chi connectivity index (χ2n) is 4.57. The smallest absolute Gasteiger partial charge is 0.255 e. The van der Waals surface area contributed by atoms with Crippen molar-refractivity contribution in [2.45, 2.75) is 13.8 Å². The lowest BCUT2D eigenvalue weighted by Crippen LogP contribution is -2.13. The Kier molecular flexibility index (Phi) is 5.04. The third-order valence-electron chi connectivity index (χ3n) is 2.73. The lowest BCUT2D eigenvalue weighted by atomic mass is 10.1. The molecule has 0 radical (unpaired) electrons. The van der Waals surface area contributed by atoms with E-state index in [-0.39, 0.29) is 5.91 Å². The van der Waals surface area contributed by atoms with Crippen molar-refractivity contribution >= 4 is 59.4 Å². The Morgan fingerprint density at radius 3 is 2.00 bits per heavy atom. The number of carbonyl (C=O) groups excluding carboxylic acids is 1. The molecule has 104 valence electrons. The van der Waals surface area contributed by atoms with Gasteiger partial charge in [0.05, 0.1) is 5.69 Å². The predicted molar refractivity (Wildman–Crippen MR) is 93.4 cm³/mol. The van der Waals surface area contributed by atoms with E-state index in [1.54, 1.807) is 6.07 Å². The first-order valence-electron chi connectivity index (χ1n) is 5.91. The van der Waals surface area contributed by atoms with E-state index in [4.69, 9.17) is 0 Å².